The molecule has 4 nitrogen and oxygen atoms in total. The van der Waals surface area contributed by atoms with Crippen LogP contribution >= 0.6 is 0 Å². The van der Waals surface area contributed by atoms with Gasteiger partial charge in [0.1, 0.15) is 0 Å². The fraction of sp³-hybridized carbons (Fsp3) is 0.0400. The van der Waals surface area contributed by atoms with Crippen molar-refractivity contribution in [3.8, 4) is 0 Å². The Kier molecular flexibility index (Phi) is 4.30. The first-order chi connectivity index (χ1) is 14.3. The first-order valence-corrected chi connectivity index (χ1v) is 9.50. The Labute approximate surface area is 167 Å². The Hall–Kier alpha value is -3.92. The van der Waals surface area contributed by atoms with Crippen molar-refractivity contribution in [1.82, 2.24) is 19.9 Å². The van der Waals surface area contributed by atoms with Crippen LogP contribution in [-0.4, -0.2) is 19.9 Å². The molecule has 6 aromatic rings. The van der Waals surface area contributed by atoms with Crippen LogP contribution in [0.25, 0.3) is 43.6 Å². The molecule has 0 aliphatic rings. The van der Waals surface area contributed by atoms with E-state index in [1.54, 1.807) is 6.20 Å². The zero-order valence-corrected chi connectivity index (χ0v) is 15.9. The van der Waals surface area contributed by atoms with Gasteiger partial charge in [0.15, 0.2) is 0 Å². The van der Waals surface area contributed by atoms with E-state index in [2.05, 4.69) is 44.2 Å². The van der Waals surface area contributed by atoms with Crippen molar-refractivity contribution in [2.24, 2.45) is 0 Å². The molecule has 0 fully saturated rings. The summed E-state index contributed by atoms with van der Waals surface area (Å²) in [6.45, 7) is 2.04. The lowest BCUT2D eigenvalue weighted by Gasteiger charge is -2.04. The average Bonchev–Trinajstić information content (AvgIpc) is 2.80. The molecule has 0 amide bonds. The highest BCUT2D eigenvalue weighted by Gasteiger charge is 2.04. The molecule has 0 saturated heterocycles. The SMILES string of the molecule is Cc1nc2cccnc2c2ccccc12.c1ccc2c(c1)cnc1cccnc12. The van der Waals surface area contributed by atoms with Gasteiger partial charge in [-0.3, -0.25) is 19.9 Å². The van der Waals surface area contributed by atoms with Crippen LogP contribution in [0.4, 0.5) is 0 Å². The summed E-state index contributed by atoms with van der Waals surface area (Å²) < 4.78 is 0. The summed E-state index contributed by atoms with van der Waals surface area (Å²) in [7, 11) is 0. The lowest BCUT2D eigenvalue weighted by molar-refractivity contribution is 1.27. The first-order valence-electron chi connectivity index (χ1n) is 9.50. The largest absolute Gasteiger partial charge is 0.254 e. The van der Waals surface area contributed by atoms with Crippen LogP contribution in [0.3, 0.4) is 0 Å². The van der Waals surface area contributed by atoms with Gasteiger partial charge in [0.05, 0.1) is 22.1 Å². The number of pyridine rings is 4. The molecule has 0 saturated carbocycles. The van der Waals surface area contributed by atoms with Gasteiger partial charge in [0, 0.05) is 45.8 Å². The quantitative estimate of drug-likeness (QED) is 0.312. The second-order valence-electron chi connectivity index (χ2n) is 6.83. The number of benzene rings is 2. The highest BCUT2D eigenvalue weighted by molar-refractivity contribution is 6.04. The summed E-state index contributed by atoms with van der Waals surface area (Å²) in [5.74, 6) is 0. The molecule has 6 rings (SSSR count). The van der Waals surface area contributed by atoms with Gasteiger partial charge in [-0.25, -0.2) is 0 Å². The van der Waals surface area contributed by atoms with E-state index in [9.17, 15) is 0 Å². The number of aromatic nitrogens is 4. The van der Waals surface area contributed by atoms with Crippen molar-refractivity contribution in [3.05, 3.63) is 97.1 Å². The molecule has 4 heteroatoms. The maximum absolute atomic E-state index is 4.54. The lowest BCUT2D eigenvalue weighted by atomic mass is 10.1. The minimum atomic E-state index is 0.950. The van der Waals surface area contributed by atoms with Crippen LogP contribution < -0.4 is 0 Å². The van der Waals surface area contributed by atoms with Gasteiger partial charge in [-0.05, 0) is 31.2 Å². The van der Waals surface area contributed by atoms with E-state index in [0.717, 1.165) is 38.5 Å². The van der Waals surface area contributed by atoms with Gasteiger partial charge in [0.2, 0.25) is 0 Å². The van der Waals surface area contributed by atoms with Crippen molar-refractivity contribution in [3.63, 3.8) is 0 Å². The van der Waals surface area contributed by atoms with Crippen LogP contribution in [0.1, 0.15) is 5.69 Å². The van der Waals surface area contributed by atoms with E-state index in [4.69, 9.17) is 0 Å². The molecule has 0 N–H and O–H groups in total. The maximum atomic E-state index is 4.54. The van der Waals surface area contributed by atoms with E-state index in [1.807, 2.05) is 67.8 Å². The Morgan fingerprint density at radius 2 is 1.17 bits per heavy atom. The van der Waals surface area contributed by atoms with Gasteiger partial charge in [-0.15, -0.1) is 0 Å². The van der Waals surface area contributed by atoms with Crippen molar-refractivity contribution in [1.29, 1.82) is 0 Å². The van der Waals surface area contributed by atoms with Gasteiger partial charge in [-0.2, -0.15) is 0 Å². The Morgan fingerprint density at radius 1 is 0.552 bits per heavy atom. The molecule has 0 atom stereocenters. The third-order valence-corrected chi connectivity index (χ3v) is 4.99. The monoisotopic (exact) mass is 374 g/mol. The summed E-state index contributed by atoms with van der Waals surface area (Å²) in [5.41, 5.74) is 4.94. The predicted molar refractivity (Wildman–Crippen MR) is 119 cm³/mol. The van der Waals surface area contributed by atoms with Crippen LogP contribution in [-0.2, 0) is 0 Å². The summed E-state index contributed by atoms with van der Waals surface area (Å²) in [5, 5.41) is 4.67. The Morgan fingerprint density at radius 3 is 1.97 bits per heavy atom. The van der Waals surface area contributed by atoms with Crippen molar-refractivity contribution in [2.45, 2.75) is 6.92 Å². The molecule has 0 aliphatic heterocycles. The van der Waals surface area contributed by atoms with Crippen LogP contribution in [0.5, 0.6) is 0 Å². The van der Waals surface area contributed by atoms with Gasteiger partial charge < -0.3 is 0 Å². The number of hydrogen-bond acceptors (Lipinski definition) is 4. The highest BCUT2D eigenvalue weighted by Crippen LogP contribution is 2.24. The van der Waals surface area contributed by atoms with E-state index in [0.29, 0.717) is 0 Å². The minimum Gasteiger partial charge on any atom is -0.254 e. The molecule has 4 aromatic heterocycles. The molecular formula is C25H18N4. The number of aryl methyl sites for hydroxylation is 1. The molecular weight excluding hydrogens is 356 g/mol. The zero-order valence-electron chi connectivity index (χ0n) is 15.9. The third kappa shape index (κ3) is 3.15. The number of fused-ring (bicyclic) bond motifs is 6. The molecule has 0 radical (unpaired) electrons. The minimum absolute atomic E-state index is 0.950. The summed E-state index contributed by atoms with van der Waals surface area (Å²) in [6.07, 6.45) is 5.50. The number of nitrogens with zero attached hydrogens (tertiary/aromatic N) is 4. The average molecular weight is 374 g/mol. The van der Waals surface area contributed by atoms with E-state index >= 15 is 0 Å². The number of rotatable bonds is 0. The highest BCUT2D eigenvalue weighted by atomic mass is 14.8. The molecule has 138 valence electrons. The molecule has 0 unspecified atom stereocenters. The standard InChI is InChI=1S/C13H10N2.C12H8N2/c1-9-10-5-2-3-6-11(10)13-12(15-9)7-4-8-14-13;1-2-5-10-9(4-1)8-14-11-6-3-7-13-12(10)11/h2-8H,1H3;1-8H. The maximum Gasteiger partial charge on any atom is 0.0965 e. The zero-order chi connectivity index (χ0) is 19.6. The Bertz CT molecular complexity index is 1420. The smallest absolute Gasteiger partial charge is 0.0965 e. The molecule has 2 aromatic carbocycles. The fourth-order valence-electron chi connectivity index (χ4n) is 3.61. The van der Waals surface area contributed by atoms with E-state index in [1.165, 1.54) is 10.8 Å². The van der Waals surface area contributed by atoms with E-state index in [-0.39, 0.29) is 0 Å². The Balaban J connectivity index is 0.000000125. The molecule has 4 heterocycles. The van der Waals surface area contributed by atoms with Gasteiger partial charge in [-0.1, -0.05) is 48.5 Å². The first kappa shape index (κ1) is 17.2. The predicted octanol–water partition coefficient (Wildman–Crippen LogP) is 5.87. The topological polar surface area (TPSA) is 51.6 Å². The fourth-order valence-corrected chi connectivity index (χ4v) is 3.61. The van der Waals surface area contributed by atoms with E-state index < -0.39 is 0 Å². The van der Waals surface area contributed by atoms with Crippen LogP contribution in [0.2, 0.25) is 0 Å². The number of hydrogen-bond donors (Lipinski definition) is 0. The van der Waals surface area contributed by atoms with Crippen LogP contribution in [0, 0.1) is 6.92 Å². The van der Waals surface area contributed by atoms with Crippen molar-refractivity contribution < 1.29 is 0 Å². The third-order valence-electron chi connectivity index (χ3n) is 4.99. The molecule has 0 aliphatic carbocycles. The summed E-state index contributed by atoms with van der Waals surface area (Å²) in [4.78, 5) is 17.6. The summed E-state index contributed by atoms with van der Waals surface area (Å²) >= 11 is 0. The van der Waals surface area contributed by atoms with Crippen molar-refractivity contribution in [2.75, 3.05) is 0 Å². The second kappa shape index (κ2) is 7.24. The van der Waals surface area contributed by atoms with Gasteiger partial charge in [0.25, 0.3) is 0 Å². The molecule has 0 bridgehead atoms. The van der Waals surface area contributed by atoms with Crippen molar-refractivity contribution >= 4 is 43.6 Å². The molecule has 29 heavy (non-hydrogen) atoms. The summed E-state index contributed by atoms with van der Waals surface area (Å²) in [6, 6.07) is 24.2. The van der Waals surface area contributed by atoms with Crippen LogP contribution in [0.15, 0.2) is 91.4 Å². The normalized spacial score (nSPS) is 10.9. The second-order valence-corrected chi connectivity index (χ2v) is 6.83. The van der Waals surface area contributed by atoms with Gasteiger partial charge >= 0.3 is 0 Å². The molecule has 0 spiro atoms. The lowest BCUT2D eigenvalue weighted by Crippen LogP contribution is -1.89.